The minimum atomic E-state index is 0.514. The van der Waals surface area contributed by atoms with E-state index in [0.29, 0.717) is 5.82 Å². The molecule has 0 amide bonds. The van der Waals surface area contributed by atoms with E-state index in [4.69, 9.17) is 10.5 Å². The Morgan fingerprint density at radius 1 is 1.29 bits per heavy atom. The molecule has 14 heavy (non-hydrogen) atoms. The number of nitrogens with zero attached hydrogens (tertiary/aromatic N) is 3. The first kappa shape index (κ1) is 9.21. The molecule has 0 spiro atoms. The van der Waals surface area contributed by atoms with Crippen LogP contribution < -0.4 is 10.6 Å². The molecule has 1 aromatic heterocycles. The molecule has 0 saturated carbocycles. The van der Waals surface area contributed by atoms with Crippen molar-refractivity contribution in [2.75, 3.05) is 36.9 Å². The van der Waals surface area contributed by atoms with E-state index in [1.807, 2.05) is 0 Å². The molecule has 0 aromatic carbocycles. The van der Waals surface area contributed by atoms with Crippen LogP contribution in [0.1, 0.15) is 6.42 Å². The molecule has 5 nitrogen and oxygen atoms in total. The highest BCUT2D eigenvalue weighted by atomic mass is 16.5. The Bertz CT molecular complexity index is 297. The van der Waals surface area contributed by atoms with Gasteiger partial charge in [-0.05, 0) is 6.42 Å². The van der Waals surface area contributed by atoms with Gasteiger partial charge in [0.15, 0.2) is 0 Å². The Kier molecular flexibility index (Phi) is 2.78. The highest BCUT2D eigenvalue weighted by Crippen LogP contribution is 2.13. The average molecular weight is 194 g/mol. The van der Waals surface area contributed by atoms with Crippen molar-refractivity contribution in [2.24, 2.45) is 0 Å². The summed E-state index contributed by atoms with van der Waals surface area (Å²) < 4.78 is 5.36. The molecule has 1 aliphatic heterocycles. The van der Waals surface area contributed by atoms with Crippen LogP contribution in [0.4, 0.5) is 11.6 Å². The Morgan fingerprint density at radius 3 is 3.07 bits per heavy atom. The lowest BCUT2D eigenvalue weighted by molar-refractivity contribution is 0.152. The van der Waals surface area contributed by atoms with E-state index in [2.05, 4.69) is 14.9 Å². The average Bonchev–Trinajstić information content (AvgIpc) is 2.45. The van der Waals surface area contributed by atoms with Crippen LogP contribution in [0.2, 0.25) is 0 Å². The van der Waals surface area contributed by atoms with Crippen LogP contribution in [-0.2, 0) is 4.74 Å². The molecule has 0 aliphatic carbocycles. The zero-order valence-corrected chi connectivity index (χ0v) is 8.02. The number of aromatic nitrogens is 2. The Morgan fingerprint density at radius 2 is 2.21 bits per heavy atom. The van der Waals surface area contributed by atoms with Gasteiger partial charge < -0.3 is 15.4 Å². The fraction of sp³-hybridized carbons (Fsp3) is 0.556. The van der Waals surface area contributed by atoms with E-state index in [-0.39, 0.29) is 0 Å². The van der Waals surface area contributed by atoms with Gasteiger partial charge in [-0.1, -0.05) is 0 Å². The standard InChI is InChI=1S/C9H14N4O/c10-8-6-9(12-7-11-8)13-2-1-4-14-5-3-13/h6-7H,1-5H2,(H2,10,11,12). The molecule has 2 rings (SSSR count). The van der Waals surface area contributed by atoms with Gasteiger partial charge in [-0.2, -0.15) is 0 Å². The zero-order chi connectivity index (χ0) is 9.80. The van der Waals surface area contributed by atoms with Gasteiger partial charge in [0.25, 0.3) is 0 Å². The molecule has 1 aromatic rings. The molecule has 76 valence electrons. The quantitative estimate of drug-likeness (QED) is 0.696. The van der Waals surface area contributed by atoms with Crippen molar-refractivity contribution >= 4 is 11.6 Å². The second-order valence-corrected chi connectivity index (χ2v) is 3.25. The summed E-state index contributed by atoms with van der Waals surface area (Å²) in [5.41, 5.74) is 5.60. The predicted molar refractivity (Wildman–Crippen MR) is 54.1 cm³/mol. The fourth-order valence-electron chi connectivity index (χ4n) is 1.51. The van der Waals surface area contributed by atoms with Gasteiger partial charge in [0, 0.05) is 25.8 Å². The molecule has 2 N–H and O–H groups in total. The first-order chi connectivity index (χ1) is 6.86. The van der Waals surface area contributed by atoms with Crippen LogP contribution in [0.5, 0.6) is 0 Å². The second-order valence-electron chi connectivity index (χ2n) is 3.25. The summed E-state index contributed by atoms with van der Waals surface area (Å²) in [5, 5.41) is 0. The monoisotopic (exact) mass is 194 g/mol. The van der Waals surface area contributed by atoms with E-state index < -0.39 is 0 Å². The molecule has 5 heteroatoms. The summed E-state index contributed by atoms with van der Waals surface area (Å²) in [6, 6.07) is 1.80. The van der Waals surface area contributed by atoms with Gasteiger partial charge >= 0.3 is 0 Å². The first-order valence-electron chi connectivity index (χ1n) is 4.76. The van der Waals surface area contributed by atoms with Gasteiger partial charge in [0.2, 0.25) is 0 Å². The third-order valence-corrected chi connectivity index (χ3v) is 2.22. The Labute approximate surface area is 82.9 Å². The van der Waals surface area contributed by atoms with Crippen molar-refractivity contribution in [3.05, 3.63) is 12.4 Å². The minimum Gasteiger partial charge on any atom is -0.384 e. The maximum Gasteiger partial charge on any atom is 0.134 e. The number of hydrogen-bond donors (Lipinski definition) is 1. The zero-order valence-electron chi connectivity index (χ0n) is 8.02. The molecule has 1 saturated heterocycles. The first-order valence-corrected chi connectivity index (χ1v) is 4.76. The van der Waals surface area contributed by atoms with Crippen molar-refractivity contribution < 1.29 is 4.74 Å². The van der Waals surface area contributed by atoms with Crippen LogP contribution in [0.15, 0.2) is 12.4 Å². The lowest BCUT2D eigenvalue weighted by Gasteiger charge is -2.20. The summed E-state index contributed by atoms with van der Waals surface area (Å²) in [5.74, 6) is 1.41. The number of nitrogen functional groups attached to an aromatic ring is 1. The summed E-state index contributed by atoms with van der Waals surface area (Å²) in [6.45, 7) is 3.42. The summed E-state index contributed by atoms with van der Waals surface area (Å²) >= 11 is 0. The molecule has 2 heterocycles. The van der Waals surface area contributed by atoms with Crippen molar-refractivity contribution in [1.82, 2.24) is 9.97 Å². The van der Waals surface area contributed by atoms with E-state index in [1.54, 1.807) is 6.07 Å². The van der Waals surface area contributed by atoms with Gasteiger partial charge in [-0.15, -0.1) is 0 Å². The van der Waals surface area contributed by atoms with E-state index >= 15 is 0 Å². The van der Waals surface area contributed by atoms with E-state index in [9.17, 15) is 0 Å². The van der Waals surface area contributed by atoms with Crippen LogP contribution in [-0.4, -0.2) is 36.3 Å². The molecular formula is C9H14N4O. The largest absolute Gasteiger partial charge is 0.384 e. The molecule has 0 bridgehead atoms. The number of anilines is 2. The van der Waals surface area contributed by atoms with E-state index in [0.717, 1.165) is 38.5 Å². The van der Waals surface area contributed by atoms with E-state index in [1.165, 1.54) is 6.33 Å². The van der Waals surface area contributed by atoms with Gasteiger partial charge in [-0.3, -0.25) is 0 Å². The number of rotatable bonds is 1. The smallest absolute Gasteiger partial charge is 0.134 e. The molecule has 0 unspecified atom stereocenters. The SMILES string of the molecule is Nc1cc(N2CCCOCC2)ncn1. The molecule has 1 aliphatic rings. The maximum absolute atomic E-state index is 5.60. The van der Waals surface area contributed by atoms with Crippen molar-refractivity contribution in [3.63, 3.8) is 0 Å². The normalized spacial score (nSPS) is 17.9. The Hall–Kier alpha value is -1.36. The summed E-state index contributed by atoms with van der Waals surface area (Å²) in [4.78, 5) is 10.2. The minimum absolute atomic E-state index is 0.514. The summed E-state index contributed by atoms with van der Waals surface area (Å²) in [6.07, 6.45) is 2.53. The highest BCUT2D eigenvalue weighted by molar-refractivity contribution is 5.45. The van der Waals surface area contributed by atoms with Gasteiger partial charge in [0.1, 0.15) is 18.0 Å². The number of ether oxygens (including phenoxy) is 1. The van der Waals surface area contributed by atoms with Crippen molar-refractivity contribution in [2.45, 2.75) is 6.42 Å². The lowest BCUT2D eigenvalue weighted by atomic mass is 10.4. The number of nitrogens with two attached hydrogens (primary N) is 1. The van der Waals surface area contributed by atoms with Gasteiger partial charge in [0.05, 0.1) is 6.61 Å². The molecule has 0 atom stereocenters. The highest BCUT2D eigenvalue weighted by Gasteiger charge is 2.10. The fourth-order valence-corrected chi connectivity index (χ4v) is 1.51. The second kappa shape index (κ2) is 4.23. The van der Waals surface area contributed by atoms with Crippen LogP contribution in [0, 0.1) is 0 Å². The maximum atomic E-state index is 5.60. The van der Waals surface area contributed by atoms with Crippen molar-refractivity contribution in [1.29, 1.82) is 0 Å². The Balaban J connectivity index is 2.12. The topological polar surface area (TPSA) is 64.3 Å². The van der Waals surface area contributed by atoms with Crippen LogP contribution in [0.3, 0.4) is 0 Å². The van der Waals surface area contributed by atoms with Gasteiger partial charge in [-0.25, -0.2) is 9.97 Å². The number of hydrogen-bond acceptors (Lipinski definition) is 5. The van der Waals surface area contributed by atoms with Crippen LogP contribution in [0.25, 0.3) is 0 Å². The third kappa shape index (κ3) is 2.11. The van der Waals surface area contributed by atoms with Crippen LogP contribution >= 0.6 is 0 Å². The predicted octanol–water partition coefficient (Wildman–Crippen LogP) is 0.285. The molecule has 0 radical (unpaired) electrons. The third-order valence-electron chi connectivity index (χ3n) is 2.22. The lowest BCUT2D eigenvalue weighted by Crippen LogP contribution is -2.26. The summed E-state index contributed by atoms with van der Waals surface area (Å²) in [7, 11) is 0. The molecule has 1 fully saturated rings. The molecular weight excluding hydrogens is 180 g/mol. The van der Waals surface area contributed by atoms with Crippen molar-refractivity contribution in [3.8, 4) is 0 Å².